The molecule has 0 aliphatic carbocycles. The van der Waals surface area contributed by atoms with E-state index in [9.17, 15) is 14.4 Å². The summed E-state index contributed by atoms with van der Waals surface area (Å²) in [6.45, 7) is 2.12. The second-order valence-corrected chi connectivity index (χ2v) is 4.90. The minimum absolute atomic E-state index is 0.211. The maximum atomic E-state index is 12.0. The first kappa shape index (κ1) is 20.3. The van der Waals surface area contributed by atoms with Crippen molar-refractivity contribution < 1.29 is 33.3 Å². The Morgan fingerprint density at radius 2 is 1.88 bits per heavy atom. The molecule has 0 radical (unpaired) electrons. The van der Waals surface area contributed by atoms with Crippen LogP contribution in [0.25, 0.3) is 0 Å². The van der Waals surface area contributed by atoms with E-state index in [2.05, 4.69) is 10.1 Å². The van der Waals surface area contributed by atoms with E-state index in [-0.39, 0.29) is 18.0 Å². The normalized spacial score (nSPS) is 9.88. The molecule has 0 fully saturated rings. The Morgan fingerprint density at radius 1 is 1.12 bits per heavy atom. The molecular formula is C17H23NO7. The lowest BCUT2D eigenvalue weighted by molar-refractivity contribution is -0.140. The molecule has 0 aromatic heterocycles. The number of ether oxygens (including phenoxy) is 4. The van der Waals surface area contributed by atoms with E-state index in [4.69, 9.17) is 14.2 Å². The fraction of sp³-hybridized carbons (Fsp3) is 0.471. The van der Waals surface area contributed by atoms with E-state index in [0.29, 0.717) is 31.1 Å². The van der Waals surface area contributed by atoms with Gasteiger partial charge in [-0.3, -0.25) is 9.59 Å². The van der Waals surface area contributed by atoms with Crippen LogP contribution >= 0.6 is 0 Å². The van der Waals surface area contributed by atoms with Gasteiger partial charge in [0.25, 0.3) is 5.91 Å². The van der Waals surface area contributed by atoms with E-state index >= 15 is 0 Å². The molecule has 0 aliphatic rings. The third kappa shape index (κ3) is 7.11. The number of amides is 1. The molecule has 0 aliphatic heterocycles. The van der Waals surface area contributed by atoms with E-state index in [1.165, 1.54) is 26.4 Å². The fourth-order valence-corrected chi connectivity index (χ4v) is 1.90. The molecule has 0 heterocycles. The van der Waals surface area contributed by atoms with Crippen LogP contribution in [0.15, 0.2) is 18.2 Å². The molecule has 1 amide bonds. The lowest BCUT2D eigenvalue weighted by atomic mass is 10.2. The van der Waals surface area contributed by atoms with Crippen LogP contribution in [0.2, 0.25) is 0 Å². The third-order valence-electron chi connectivity index (χ3n) is 3.14. The average Bonchev–Trinajstić information content (AvgIpc) is 2.63. The summed E-state index contributed by atoms with van der Waals surface area (Å²) in [5.74, 6) is -0.510. The Kier molecular flexibility index (Phi) is 8.84. The molecule has 0 saturated carbocycles. The number of methoxy groups -OCH3 is 2. The van der Waals surface area contributed by atoms with Gasteiger partial charge in [-0.05, 0) is 31.5 Å². The molecule has 0 bridgehead atoms. The predicted octanol–water partition coefficient (Wildman–Crippen LogP) is 1.32. The first-order valence-corrected chi connectivity index (χ1v) is 7.83. The van der Waals surface area contributed by atoms with Crippen molar-refractivity contribution >= 4 is 17.8 Å². The molecule has 1 aromatic carbocycles. The highest BCUT2D eigenvalue weighted by atomic mass is 16.5. The van der Waals surface area contributed by atoms with Crippen LogP contribution < -0.4 is 14.8 Å². The molecule has 0 saturated heterocycles. The standard InChI is InChI=1S/C17H23NO7/c1-4-24-14-10-12(7-8-13(14)22-2)17(21)25-11-15(19)18-9-5-6-16(20)23-3/h7-8,10H,4-6,9,11H2,1-3H3,(H,18,19). The molecule has 0 unspecified atom stereocenters. The third-order valence-corrected chi connectivity index (χ3v) is 3.14. The van der Waals surface area contributed by atoms with Crippen molar-refractivity contribution in [3.63, 3.8) is 0 Å². The topological polar surface area (TPSA) is 100 Å². The van der Waals surface area contributed by atoms with E-state index < -0.39 is 18.5 Å². The summed E-state index contributed by atoms with van der Waals surface area (Å²) in [6.07, 6.45) is 0.658. The molecule has 8 heteroatoms. The van der Waals surface area contributed by atoms with Crippen LogP contribution in [0, 0.1) is 0 Å². The SMILES string of the molecule is CCOc1cc(C(=O)OCC(=O)NCCCC(=O)OC)ccc1OC. The fourth-order valence-electron chi connectivity index (χ4n) is 1.90. The number of esters is 2. The number of hydrogen-bond acceptors (Lipinski definition) is 7. The van der Waals surface area contributed by atoms with Gasteiger partial charge in [0.1, 0.15) is 0 Å². The molecule has 1 N–H and O–H groups in total. The van der Waals surface area contributed by atoms with Gasteiger partial charge in [0.05, 0.1) is 26.4 Å². The molecule has 1 aromatic rings. The van der Waals surface area contributed by atoms with Crippen molar-refractivity contribution in [2.75, 3.05) is 34.0 Å². The van der Waals surface area contributed by atoms with Crippen LogP contribution in [0.5, 0.6) is 11.5 Å². The van der Waals surface area contributed by atoms with Gasteiger partial charge >= 0.3 is 11.9 Å². The molecular weight excluding hydrogens is 330 g/mol. The average molecular weight is 353 g/mol. The Labute approximate surface area is 146 Å². The highest BCUT2D eigenvalue weighted by Gasteiger charge is 2.14. The van der Waals surface area contributed by atoms with Crippen LogP contribution in [-0.4, -0.2) is 51.8 Å². The smallest absolute Gasteiger partial charge is 0.338 e. The Bertz CT molecular complexity index is 601. The number of nitrogens with one attached hydrogen (secondary N) is 1. The lowest BCUT2D eigenvalue weighted by Crippen LogP contribution is -2.29. The van der Waals surface area contributed by atoms with E-state index in [0.717, 1.165) is 0 Å². The van der Waals surface area contributed by atoms with Crippen LogP contribution in [0.4, 0.5) is 0 Å². The second-order valence-electron chi connectivity index (χ2n) is 4.90. The van der Waals surface area contributed by atoms with Crippen molar-refractivity contribution in [3.8, 4) is 11.5 Å². The van der Waals surface area contributed by atoms with Gasteiger partial charge in [-0.2, -0.15) is 0 Å². The van der Waals surface area contributed by atoms with Crippen molar-refractivity contribution in [2.24, 2.45) is 0 Å². The monoisotopic (exact) mass is 353 g/mol. The molecule has 1 rings (SSSR count). The number of hydrogen-bond donors (Lipinski definition) is 1. The first-order valence-electron chi connectivity index (χ1n) is 7.83. The summed E-state index contributed by atoms with van der Waals surface area (Å²) in [5, 5.41) is 2.55. The zero-order chi connectivity index (χ0) is 18.7. The van der Waals surface area contributed by atoms with Crippen LogP contribution in [-0.2, 0) is 19.1 Å². The summed E-state index contributed by atoms with van der Waals surface area (Å²) in [4.78, 5) is 34.5. The van der Waals surface area contributed by atoms with Gasteiger partial charge in [0, 0.05) is 13.0 Å². The quantitative estimate of drug-likeness (QED) is 0.500. The van der Waals surface area contributed by atoms with Crippen molar-refractivity contribution in [1.82, 2.24) is 5.32 Å². The maximum Gasteiger partial charge on any atom is 0.338 e. The maximum absolute atomic E-state index is 12.0. The summed E-state index contributed by atoms with van der Waals surface area (Å²) in [7, 11) is 2.80. The summed E-state index contributed by atoms with van der Waals surface area (Å²) < 4.78 is 20.0. The highest BCUT2D eigenvalue weighted by molar-refractivity contribution is 5.92. The Balaban J connectivity index is 2.44. The minimum Gasteiger partial charge on any atom is -0.493 e. The minimum atomic E-state index is -0.645. The Hall–Kier alpha value is -2.77. The largest absolute Gasteiger partial charge is 0.493 e. The number of rotatable bonds is 10. The molecule has 25 heavy (non-hydrogen) atoms. The number of benzene rings is 1. The summed E-state index contributed by atoms with van der Waals surface area (Å²) in [6, 6.07) is 4.62. The second kappa shape index (κ2) is 10.9. The van der Waals surface area contributed by atoms with Crippen molar-refractivity contribution in [2.45, 2.75) is 19.8 Å². The predicted molar refractivity (Wildman–Crippen MR) is 88.7 cm³/mol. The lowest BCUT2D eigenvalue weighted by Gasteiger charge is -2.11. The van der Waals surface area contributed by atoms with Gasteiger partial charge in [-0.15, -0.1) is 0 Å². The Morgan fingerprint density at radius 3 is 2.52 bits per heavy atom. The summed E-state index contributed by atoms with van der Waals surface area (Å²) in [5.41, 5.74) is 0.253. The molecule has 138 valence electrons. The zero-order valence-electron chi connectivity index (χ0n) is 14.6. The molecule has 0 spiro atoms. The van der Waals surface area contributed by atoms with Gasteiger partial charge in [0.15, 0.2) is 18.1 Å². The van der Waals surface area contributed by atoms with Crippen molar-refractivity contribution in [3.05, 3.63) is 23.8 Å². The number of carbonyl (C=O) groups excluding carboxylic acids is 3. The van der Waals surface area contributed by atoms with E-state index in [1.54, 1.807) is 6.07 Å². The highest BCUT2D eigenvalue weighted by Crippen LogP contribution is 2.28. The van der Waals surface area contributed by atoms with Crippen molar-refractivity contribution in [1.29, 1.82) is 0 Å². The summed E-state index contributed by atoms with van der Waals surface area (Å²) >= 11 is 0. The van der Waals surface area contributed by atoms with Gasteiger partial charge in [-0.25, -0.2) is 4.79 Å². The first-order chi connectivity index (χ1) is 12.0. The van der Waals surface area contributed by atoms with Crippen LogP contribution in [0.3, 0.4) is 0 Å². The molecule has 0 atom stereocenters. The van der Waals surface area contributed by atoms with Crippen LogP contribution in [0.1, 0.15) is 30.1 Å². The molecule has 8 nitrogen and oxygen atoms in total. The van der Waals surface area contributed by atoms with Gasteiger partial charge in [0.2, 0.25) is 0 Å². The van der Waals surface area contributed by atoms with E-state index in [1.807, 2.05) is 6.92 Å². The van der Waals surface area contributed by atoms with Gasteiger partial charge < -0.3 is 24.3 Å². The zero-order valence-corrected chi connectivity index (χ0v) is 14.6. The van der Waals surface area contributed by atoms with Gasteiger partial charge in [-0.1, -0.05) is 0 Å². The number of carbonyl (C=O) groups is 3.